The molecule has 1 saturated heterocycles. The van der Waals surface area contributed by atoms with Crippen molar-refractivity contribution in [2.75, 3.05) is 13.2 Å². The van der Waals surface area contributed by atoms with Crippen LogP contribution in [0.4, 0.5) is 0 Å². The van der Waals surface area contributed by atoms with E-state index in [1.165, 1.54) is 5.57 Å². The third-order valence-corrected chi connectivity index (χ3v) is 9.51. The lowest BCUT2D eigenvalue weighted by atomic mass is 9.43. The third-order valence-electron chi connectivity index (χ3n) is 9.51. The highest BCUT2D eigenvalue weighted by Gasteiger charge is 2.69. The van der Waals surface area contributed by atoms with E-state index in [0.717, 1.165) is 32.1 Å². The van der Waals surface area contributed by atoms with Crippen LogP contribution in [0.1, 0.15) is 65.7 Å². The van der Waals surface area contributed by atoms with Crippen molar-refractivity contribution < 1.29 is 19.7 Å². The molecule has 154 valence electrons. The van der Waals surface area contributed by atoms with Crippen LogP contribution in [0.5, 0.6) is 0 Å². The zero-order chi connectivity index (χ0) is 20.0. The second kappa shape index (κ2) is 5.64. The van der Waals surface area contributed by atoms with Crippen LogP contribution in [0, 0.1) is 40.9 Å². The van der Waals surface area contributed by atoms with Crippen molar-refractivity contribution in [3.05, 3.63) is 11.6 Å². The number of hydrogen-bond donors (Lipinski definition) is 2. The molecule has 3 saturated carbocycles. The number of terminal acetylenes is 1. The Hall–Kier alpha value is -0.860. The van der Waals surface area contributed by atoms with E-state index in [0.29, 0.717) is 37.9 Å². The minimum Gasteiger partial charge on any atom is -0.390 e. The van der Waals surface area contributed by atoms with Crippen LogP contribution in [0.2, 0.25) is 0 Å². The Balaban J connectivity index is 1.55. The van der Waals surface area contributed by atoms with E-state index in [-0.39, 0.29) is 11.3 Å². The Kier molecular flexibility index (Phi) is 3.85. The van der Waals surface area contributed by atoms with Gasteiger partial charge in [0, 0.05) is 18.3 Å². The summed E-state index contributed by atoms with van der Waals surface area (Å²) in [7, 11) is 0. The van der Waals surface area contributed by atoms with Crippen LogP contribution in [-0.2, 0) is 9.47 Å². The van der Waals surface area contributed by atoms with Gasteiger partial charge in [-0.1, -0.05) is 31.4 Å². The minimum atomic E-state index is -1.11. The molecule has 28 heavy (non-hydrogen) atoms. The predicted octanol–water partition coefficient (Wildman–Crippen LogP) is 3.42. The molecule has 4 nitrogen and oxygen atoms in total. The highest BCUT2D eigenvalue weighted by Crippen LogP contribution is 2.70. The Morgan fingerprint density at radius 3 is 2.50 bits per heavy atom. The molecular formula is C24H34O4. The van der Waals surface area contributed by atoms with Gasteiger partial charge < -0.3 is 19.7 Å². The van der Waals surface area contributed by atoms with Gasteiger partial charge in [-0.15, -0.1) is 6.42 Å². The molecule has 5 aliphatic rings. The number of aliphatic hydroxyl groups is 2. The number of fused-ring (bicyclic) bond motifs is 5. The molecule has 2 N–H and O–H groups in total. The van der Waals surface area contributed by atoms with E-state index in [1.54, 1.807) is 0 Å². The highest BCUT2D eigenvalue weighted by molar-refractivity contribution is 5.32. The van der Waals surface area contributed by atoms with Crippen molar-refractivity contribution >= 4 is 0 Å². The lowest BCUT2D eigenvalue weighted by Gasteiger charge is -2.64. The summed E-state index contributed by atoms with van der Waals surface area (Å²) in [4.78, 5) is 0. The van der Waals surface area contributed by atoms with Crippen molar-refractivity contribution in [3.8, 4) is 12.3 Å². The van der Waals surface area contributed by atoms with Crippen LogP contribution >= 0.6 is 0 Å². The first kappa shape index (κ1) is 19.1. The zero-order valence-corrected chi connectivity index (χ0v) is 17.5. The topological polar surface area (TPSA) is 58.9 Å². The van der Waals surface area contributed by atoms with Gasteiger partial charge in [0.25, 0.3) is 0 Å². The molecule has 6 unspecified atom stereocenters. The molecule has 0 radical (unpaired) electrons. The monoisotopic (exact) mass is 386 g/mol. The van der Waals surface area contributed by atoms with Gasteiger partial charge in [0.05, 0.1) is 18.8 Å². The SMILES string of the molecule is C#C[C@]1(O)CCC2C3CC=C4CC5(CCC4(C)C3C(C)(O)CC21C)OCCO5. The second-order valence-corrected chi connectivity index (χ2v) is 10.9. The molecule has 5 rings (SSSR count). The molecule has 1 spiro atoms. The Labute approximate surface area is 168 Å². The molecule has 0 aromatic heterocycles. The summed E-state index contributed by atoms with van der Waals surface area (Å²) in [5.41, 5.74) is -1.05. The van der Waals surface area contributed by atoms with Gasteiger partial charge in [-0.05, 0) is 62.2 Å². The van der Waals surface area contributed by atoms with Crippen molar-refractivity contribution in [2.24, 2.45) is 28.6 Å². The van der Waals surface area contributed by atoms with E-state index >= 15 is 0 Å². The fourth-order valence-corrected chi connectivity index (χ4v) is 8.36. The number of hydrogen-bond acceptors (Lipinski definition) is 4. The number of rotatable bonds is 0. The standard InChI is InChI=1S/C24H34O4/c1-5-23(26)9-8-18-17-7-6-16-14-24(27-12-13-28-24)11-10-20(16,2)19(17)22(4,25)15-21(18,23)3/h1,6,17-19,25-26H,7-15H2,2-4H3/t17?,18?,19?,20?,21?,22?,23-/m0/s1. The molecule has 4 heteroatoms. The van der Waals surface area contributed by atoms with E-state index in [1.807, 2.05) is 6.92 Å². The Morgan fingerprint density at radius 2 is 1.82 bits per heavy atom. The molecule has 1 heterocycles. The third kappa shape index (κ3) is 2.23. The molecule has 0 aromatic carbocycles. The van der Waals surface area contributed by atoms with Crippen LogP contribution < -0.4 is 0 Å². The normalized spacial score (nSPS) is 54.4. The van der Waals surface area contributed by atoms with Gasteiger partial charge in [0.1, 0.15) is 5.60 Å². The summed E-state index contributed by atoms with van der Waals surface area (Å²) < 4.78 is 12.0. The maximum absolute atomic E-state index is 11.8. The molecule has 4 aliphatic carbocycles. The van der Waals surface area contributed by atoms with E-state index in [2.05, 4.69) is 25.8 Å². The highest BCUT2D eigenvalue weighted by atomic mass is 16.7. The predicted molar refractivity (Wildman–Crippen MR) is 106 cm³/mol. The zero-order valence-electron chi connectivity index (χ0n) is 17.5. The summed E-state index contributed by atoms with van der Waals surface area (Å²) in [5, 5.41) is 23.0. The van der Waals surface area contributed by atoms with Crippen LogP contribution in [-0.4, -0.2) is 40.4 Å². The van der Waals surface area contributed by atoms with Crippen molar-refractivity contribution in [2.45, 2.75) is 82.7 Å². The lowest BCUT2D eigenvalue weighted by Crippen LogP contribution is -2.64. The van der Waals surface area contributed by atoms with E-state index in [4.69, 9.17) is 15.9 Å². The van der Waals surface area contributed by atoms with Crippen LogP contribution in [0.15, 0.2) is 11.6 Å². The van der Waals surface area contributed by atoms with Gasteiger partial charge in [-0.2, -0.15) is 0 Å². The smallest absolute Gasteiger partial charge is 0.172 e. The van der Waals surface area contributed by atoms with Gasteiger partial charge >= 0.3 is 0 Å². The van der Waals surface area contributed by atoms with Crippen molar-refractivity contribution in [1.29, 1.82) is 0 Å². The summed E-state index contributed by atoms with van der Waals surface area (Å²) in [6, 6.07) is 0. The molecule has 0 bridgehead atoms. The number of allylic oxidation sites excluding steroid dienone is 1. The van der Waals surface area contributed by atoms with Gasteiger partial charge in [0.2, 0.25) is 0 Å². The van der Waals surface area contributed by atoms with Gasteiger partial charge in [-0.25, -0.2) is 0 Å². The molecule has 1 aliphatic heterocycles. The molecular weight excluding hydrogens is 352 g/mol. The van der Waals surface area contributed by atoms with E-state index in [9.17, 15) is 10.2 Å². The first-order valence-corrected chi connectivity index (χ1v) is 11.0. The number of ether oxygens (including phenoxy) is 2. The summed E-state index contributed by atoms with van der Waals surface area (Å²) >= 11 is 0. The fraction of sp³-hybridized carbons (Fsp3) is 0.833. The van der Waals surface area contributed by atoms with E-state index < -0.39 is 22.4 Å². The quantitative estimate of drug-likeness (QED) is 0.495. The first-order valence-electron chi connectivity index (χ1n) is 11.0. The lowest BCUT2D eigenvalue weighted by molar-refractivity contribution is -0.218. The van der Waals surface area contributed by atoms with Crippen molar-refractivity contribution in [1.82, 2.24) is 0 Å². The van der Waals surface area contributed by atoms with Crippen molar-refractivity contribution in [3.63, 3.8) is 0 Å². The molecule has 7 atom stereocenters. The maximum atomic E-state index is 11.8. The fourth-order valence-electron chi connectivity index (χ4n) is 8.36. The molecule has 4 fully saturated rings. The summed E-state index contributed by atoms with van der Waals surface area (Å²) in [5.74, 6) is 3.15. The summed E-state index contributed by atoms with van der Waals surface area (Å²) in [6.07, 6.45) is 14.0. The van der Waals surface area contributed by atoms with Gasteiger partial charge in [-0.3, -0.25) is 0 Å². The minimum absolute atomic E-state index is 0.0504. The molecule has 0 aromatic rings. The van der Waals surface area contributed by atoms with Crippen LogP contribution in [0.3, 0.4) is 0 Å². The second-order valence-electron chi connectivity index (χ2n) is 10.9. The average molecular weight is 387 g/mol. The maximum Gasteiger partial charge on any atom is 0.172 e. The molecule has 0 amide bonds. The van der Waals surface area contributed by atoms with Crippen LogP contribution in [0.25, 0.3) is 0 Å². The summed E-state index contributed by atoms with van der Waals surface area (Å²) in [6.45, 7) is 7.81. The van der Waals surface area contributed by atoms with Gasteiger partial charge in [0.15, 0.2) is 5.79 Å². The average Bonchev–Trinajstić information content (AvgIpc) is 3.18. The largest absolute Gasteiger partial charge is 0.390 e. The Morgan fingerprint density at radius 1 is 1.11 bits per heavy atom. The Bertz CT molecular complexity index is 757. The first-order chi connectivity index (χ1) is 13.1.